The Hall–Kier alpha value is -1.19. The van der Waals surface area contributed by atoms with Crippen molar-refractivity contribution < 1.29 is 0 Å². The molecule has 0 bridgehead atoms. The highest BCUT2D eigenvalue weighted by Crippen LogP contribution is 2.46. The minimum atomic E-state index is 0.261. The van der Waals surface area contributed by atoms with E-state index in [0.717, 1.165) is 31.2 Å². The highest BCUT2D eigenvalue weighted by Gasteiger charge is 2.36. The second kappa shape index (κ2) is 8.05. The van der Waals surface area contributed by atoms with Gasteiger partial charge in [0.05, 0.1) is 5.03 Å². The molecule has 0 saturated carbocycles. The van der Waals surface area contributed by atoms with E-state index in [-0.39, 0.29) is 10.8 Å². The lowest BCUT2D eigenvalue weighted by Crippen LogP contribution is -2.33. The maximum atomic E-state index is 4.31. The first-order valence-electron chi connectivity index (χ1n) is 10.3. The van der Waals surface area contributed by atoms with Crippen LogP contribution in [0.1, 0.15) is 70.6 Å². The van der Waals surface area contributed by atoms with E-state index in [0.29, 0.717) is 0 Å². The fourth-order valence-corrected chi connectivity index (χ4v) is 5.01. The maximum absolute atomic E-state index is 4.31. The highest BCUT2D eigenvalue weighted by atomic mass is 32.2. The molecule has 1 heterocycles. The lowest BCUT2D eigenvalue weighted by Gasteiger charge is -2.42. The summed E-state index contributed by atoms with van der Waals surface area (Å²) in [7, 11) is 0. The Bertz CT molecular complexity index is 722. The maximum Gasteiger partial charge on any atom is 0.0677 e. The van der Waals surface area contributed by atoms with Crippen LogP contribution in [0.25, 0.3) is 5.57 Å². The quantitative estimate of drug-likeness (QED) is 0.696. The number of allylic oxidation sites excluding steroid dienone is 1. The molecule has 0 amide bonds. The minimum absolute atomic E-state index is 0.261. The van der Waals surface area contributed by atoms with Crippen LogP contribution >= 0.6 is 11.8 Å². The van der Waals surface area contributed by atoms with Crippen molar-refractivity contribution in [1.29, 1.82) is 0 Å². The van der Waals surface area contributed by atoms with Crippen molar-refractivity contribution in [3.05, 3.63) is 51.9 Å². The summed E-state index contributed by atoms with van der Waals surface area (Å²) in [6.45, 7) is 20.4. The zero-order valence-corrected chi connectivity index (χ0v) is 18.6. The van der Waals surface area contributed by atoms with Gasteiger partial charge in [-0.05, 0) is 71.2 Å². The minimum Gasteiger partial charge on any atom is -0.365 e. The number of nitrogens with one attached hydrogen (secondary N) is 1. The zero-order valence-electron chi connectivity index (χ0n) is 17.8. The number of rotatable bonds is 4. The summed E-state index contributed by atoms with van der Waals surface area (Å²) in [5.74, 6) is 0. The van der Waals surface area contributed by atoms with Crippen molar-refractivity contribution in [1.82, 2.24) is 10.2 Å². The Balaban J connectivity index is 1.78. The molecule has 0 spiro atoms. The number of nitrogens with zero attached hydrogens (tertiary/aromatic N) is 1. The zero-order chi connectivity index (χ0) is 19.7. The monoisotopic (exact) mass is 384 g/mol. The first kappa shape index (κ1) is 20.5. The normalized spacial score (nSPS) is 22.1. The van der Waals surface area contributed by atoms with Crippen molar-refractivity contribution in [2.45, 2.75) is 64.7 Å². The van der Waals surface area contributed by atoms with Crippen LogP contribution in [0.4, 0.5) is 0 Å². The van der Waals surface area contributed by atoms with Gasteiger partial charge in [-0.1, -0.05) is 64.2 Å². The van der Waals surface area contributed by atoms with Crippen molar-refractivity contribution in [2.75, 3.05) is 26.2 Å². The van der Waals surface area contributed by atoms with Gasteiger partial charge in [0.25, 0.3) is 0 Å². The van der Waals surface area contributed by atoms with Gasteiger partial charge in [-0.15, -0.1) is 0 Å². The standard InChI is InChI=1S/C24H36N2S/c1-18(17-27-19(2)26-14-7-12-25-13-15-26)20-8-9-21-22(16-20)24(5,6)11-10-23(21,3)4/h8-9,16-17,25H,2,7,10-15H2,1,3-6H3/b18-17+. The number of hydrogen-bond acceptors (Lipinski definition) is 3. The Morgan fingerprint density at radius 3 is 2.52 bits per heavy atom. The molecule has 2 nitrogen and oxygen atoms in total. The van der Waals surface area contributed by atoms with Gasteiger partial charge in [0.2, 0.25) is 0 Å². The van der Waals surface area contributed by atoms with E-state index in [1.807, 2.05) is 0 Å². The highest BCUT2D eigenvalue weighted by molar-refractivity contribution is 8.05. The average Bonchev–Trinajstić information content (AvgIpc) is 2.92. The van der Waals surface area contributed by atoms with Gasteiger partial charge in [-0.25, -0.2) is 0 Å². The summed E-state index contributed by atoms with van der Waals surface area (Å²) in [5, 5.41) is 6.90. The Morgan fingerprint density at radius 2 is 1.78 bits per heavy atom. The van der Waals surface area contributed by atoms with Crippen molar-refractivity contribution in [3.8, 4) is 0 Å². The summed E-state index contributed by atoms with van der Waals surface area (Å²) in [6, 6.07) is 7.14. The topological polar surface area (TPSA) is 15.3 Å². The molecule has 1 aromatic rings. The van der Waals surface area contributed by atoms with Gasteiger partial charge >= 0.3 is 0 Å². The van der Waals surface area contributed by atoms with Crippen LogP contribution in [-0.4, -0.2) is 31.1 Å². The number of thioether (sulfide) groups is 1. The van der Waals surface area contributed by atoms with E-state index >= 15 is 0 Å². The number of fused-ring (bicyclic) bond motifs is 1. The van der Waals surface area contributed by atoms with E-state index in [1.54, 1.807) is 11.8 Å². The van der Waals surface area contributed by atoms with Crippen LogP contribution in [0.3, 0.4) is 0 Å². The molecule has 1 saturated heterocycles. The lowest BCUT2D eigenvalue weighted by atomic mass is 9.63. The largest absolute Gasteiger partial charge is 0.365 e. The predicted octanol–water partition coefficient (Wildman–Crippen LogP) is 5.90. The Labute approximate surface area is 170 Å². The molecule has 1 fully saturated rings. The molecule has 27 heavy (non-hydrogen) atoms. The van der Waals surface area contributed by atoms with Crippen LogP contribution in [-0.2, 0) is 10.8 Å². The van der Waals surface area contributed by atoms with E-state index in [1.165, 1.54) is 41.5 Å². The Morgan fingerprint density at radius 1 is 1.07 bits per heavy atom. The molecule has 0 aromatic heterocycles. The van der Waals surface area contributed by atoms with Crippen molar-refractivity contribution in [3.63, 3.8) is 0 Å². The fraction of sp³-hybridized carbons (Fsp3) is 0.583. The van der Waals surface area contributed by atoms with Gasteiger partial charge < -0.3 is 10.2 Å². The van der Waals surface area contributed by atoms with E-state index in [9.17, 15) is 0 Å². The fourth-order valence-electron chi connectivity index (χ4n) is 4.23. The lowest BCUT2D eigenvalue weighted by molar-refractivity contribution is 0.332. The van der Waals surface area contributed by atoms with Crippen LogP contribution < -0.4 is 5.32 Å². The molecular formula is C24H36N2S. The van der Waals surface area contributed by atoms with Gasteiger partial charge in [0, 0.05) is 19.6 Å². The van der Waals surface area contributed by atoms with Gasteiger partial charge in [-0.3, -0.25) is 0 Å². The number of benzene rings is 1. The third-order valence-corrected chi connectivity index (χ3v) is 7.37. The molecule has 2 aliphatic rings. The summed E-state index contributed by atoms with van der Waals surface area (Å²) in [5.41, 5.74) is 6.28. The van der Waals surface area contributed by atoms with Gasteiger partial charge in [0.1, 0.15) is 0 Å². The average molecular weight is 385 g/mol. The van der Waals surface area contributed by atoms with Gasteiger partial charge in [-0.2, -0.15) is 0 Å². The second-order valence-electron chi connectivity index (χ2n) is 9.43. The van der Waals surface area contributed by atoms with E-state index in [2.05, 4.69) is 75.0 Å². The van der Waals surface area contributed by atoms with E-state index < -0.39 is 0 Å². The molecule has 0 atom stereocenters. The van der Waals surface area contributed by atoms with E-state index in [4.69, 9.17) is 0 Å². The third-order valence-electron chi connectivity index (χ3n) is 6.37. The molecule has 0 unspecified atom stereocenters. The summed E-state index contributed by atoms with van der Waals surface area (Å²) < 4.78 is 0. The van der Waals surface area contributed by atoms with Gasteiger partial charge in [0.15, 0.2) is 0 Å². The molecular weight excluding hydrogens is 348 g/mol. The van der Waals surface area contributed by atoms with Crippen LogP contribution in [0, 0.1) is 0 Å². The molecule has 1 N–H and O–H groups in total. The molecule has 3 heteroatoms. The molecule has 148 valence electrons. The first-order valence-corrected chi connectivity index (χ1v) is 11.2. The SMILES string of the molecule is C=C(S/C=C(\C)c1ccc2c(c1)C(C)(C)CCC2(C)C)N1CCCNCC1. The second-order valence-corrected chi connectivity index (χ2v) is 10.4. The molecule has 1 aromatic carbocycles. The molecule has 0 radical (unpaired) electrons. The van der Waals surface area contributed by atoms with Crippen molar-refractivity contribution >= 4 is 17.3 Å². The third kappa shape index (κ3) is 4.63. The molecule has 1 aliphatic heterocycles. The van der Waals surface area contributed by atoms with Crippen molar-refractivity contribution in [2.24, 2.45) is 0 Å². The van der Waals surface area contributed by atoms with Crippen LogP contribution in [0.15, 0.2) is 35.2 Å². The molecule has 3 rings (SSSR count). The molecule has 1 aliphatic carbocycles. The Kier molecular flexibility index (Phi) is 6.12. The van der Waals surface area contributed by atoms with Crippen LogP contribution in [0.2, 0.25) is 0 Å². The first-order chi connectivity index (χ1) is 12.7. The predicted molar refractivity (Wildman–Crippen MR) is 121 cm³/mol. The van der Waals surface area contributed by atoms with Crippen LogP contribution in [0.5, 0.6) is 0 Å². The smallest absolute Gasteiger partial charge is 0.0677 e. The summed E-state index contributed by atoms with van der Waals surface area (Å²) in [6.07, 6.45) is 3.72. The number of hydrogen-bond donors (Lipinski definition) is 1. The summed E-state index contributed by atoms with van der Waals surface area (Å²) in [4.78, 5) is 2.41. The summed E-state index contributed by atoms with van der Waals surface area (Å²) >= 11 is 1.77.